The Morgan fingerprint density at radius 1 is 1.00 bits per heavy atom. The van der Waals surface area contributed by atoms with Crippen molar-refractivity contribution in [1.29, 1.82) is 5.26 Å². The number of fused-ring (bicyclic) bond motifs is 2. The van der Waals surface area contributed by atoms with Gasteiger partial charge in [0.25, 0.3) is 0 Å². The van der Waals surface area contributed by atoms with Crippen LogP contribution in [0.5, 0.6) is 0 Å². The van der Waals surface area contributed by atoms with Crippen molar-refractivity contribution in [3.05, 3.63) is 29.1 Å². The predicted molar refractivity (Wildman–Crippen MR) is 64.1 cm³/mol. The highest BCUT2D eigenvalue weighted by Crippen LogP contribution is 2.17. The zero-order chi connectivity index (χ0) is 11.2. The van der Waals surface area contributed by atoms with Gasteiger partial charge in [-0.15, -0.1) is 0 Å². The average molecular weight is 214 g/mol. The van der Waals surface area contributed by atoms with Crippen LogP contribution in [0.1, 0.15) is 55.3 Å². The summed E-state index contributed by atoms with van der Waals surface area (Å²) in [6.07, 6.45) is 11.6. The van der Waals surface area contributed by atoms with Crippen LogP contribution in [0.2, 0.25) is 0 Å². The molecule has 2 rings (SSSR count). The second-order valence-corrected chi connectivity index (χ2v) is 4.57. The van der Waals surface area contributed by atoms with E-state index in [2.05, 4.69) is 17.1 Å². The van der Waals surface area contributed by atoms with Crippen molar-refractivity contribution in [2.24, 2.45) is 0 Å². The number of pyridine rings is 1. The fourth-order valence-electron chi connectivity index (χ4n) is 2.32. The summed E-state index contributed by atoms with van der Waals surface area (Å²) in [6.45, 7) is 0. The molecule has 2 bridgehead atoms. The molecular formula is C14H18N2. The summed E-state index contributed by atoms with van der Waals surface area (Å²) >= 11 is 0. The summed E-state index contributed by atoms with van der Waals surface area (Å²) in [5.74, 6) is 0. The van der Waals surface area contributed by atoms with Crippen LogP contribution in [-0.2, 0) is 12.8 Å². The predicted octanol–water partition coefficient (Wildman–Crippen LogP) is 3.39. The van der Waals surface area contributed by atoms with E-state index in [0.29, 0.717) is 0 Å². The number of hydrogen-bond acceptors (Lipinski definition) is 2. The molecule has 0 amide bonds. The van der Waals surface area contributed by atoms with E-state index >= 15 is 0 Å². The van der Waals surface area contributed by atoms with E-state index in [4.69, 9.17) is 5.26 Å². The van der Waals surface area contributed by atoms with Crippen molar-refractivity contribution in [2.75, 3.05) is 0 Å². The van der Waals surface area contributed by atoms with Crippen molar-refractivity contribution in [3.8, 4) is 6.07 Å². The lowest BCUT2D eigenvalue weighted by Crippen LogP contribution is -1.97. The minimum absolute atomic E-state index is 0.767. The van der Waals surface area contributed by atoms with Gasteiger partial charge >= 0.3 is 0 Å². The monoisotopic (exact) mass is 214 g/mol. The molecular weight excluding hydrogens is 196 g/mol. The molecule has 0 aliphatic heterocycles. The summed E-state index contributed by atoms with van der Waals surface area (Å²) < 4.78 is 0. The van der Waals surface area contributed by atoms with E-state index < -0.39 is 0 Å². The molecule has 0 spiro atoms. The molecule has 16 heavy (non-hydrogen) atoms. The Morgan fingerprint density at radius 2 is 1.69 bits per heavy atom. The Morgan fingerprint density at radius 3 is 2.44 bits per heavy atom. The maximum absolute atomic E-state index is 9.02. The number of nitriles is 1. The number of rotatable bonds is 0. The highest BCUT2D eigenvalue weighted by Gasteiger charge is 2.06. The van der Waals surface area contributed by atoms with Crippen molar-refractivity contribution < 1.29 is 0 Å². The number of nitrogens with zero attached hydrogens (tertiary/aromatic N) is 2. The zero-order valence-electron chi connectivity index (χ0n) is 9.71. The molecule has 1 aliphatic carbocycles. The lowest BCUT2D eigenvalue weighted by molar-refractivity contribution is 0.596. The average Bonchev–Trinajstić information content (AvgIpc) is 2.35. The summed E-state index contributed by atoms with van der Waals surface area (Å²) in [6, 6.07) is 4.39. The Labute approximate surface area is 97.3 Å². The molecule has 0 atom stereocenters. The van der Waals surface area contributed by atoms with Gasteiger partial charge in [-0.1, -0.05) is 25.7 Å². The lowest BCUT2D eigenvalue weighted by Gasteiger charge is -2.05. The smallest absolute Gasteiger partial charge is 0.101 e. The number of aromatic nitrogens is 1. The highest BCUT2D eigenvalue weighted by atomic mass is 14.7. The topological polar surface area (TPSA) is 36.7 Å². The van der Waals surface area contributed by atoms with E-state index in [-0.39, 0.29) is 0 Å². The first-order valence-corrected chi connectivity index (χ1v) is 6.28. The minimum atomic E-state index is 0.767. The fourth-order valence-corrected chi connectivity index (χ4v) is 2.32. The zero-order valence-corrected chi connectivity index (χ0v) is 9.71. The van der Waals surface area contributed by atoms with Crippen molar-refractivity contribution in [2.45, 2.75) is 51.4 Å². The van der Waals surface area contributed by atoms with E-state index in [1.54, 1.807) is 6.20 Å². The molecule has 0 N–H and O–H groups in total. The van der Waals surface area contributed by atoms with Gasteiger partial charge in [0.05, 0.1) is 5.56 Å². The van der Waals surface area contributed by atoms with Crippen molar-refractivity contribution in [1.82, 2.24) is 4.98 Å². The van der Waals surface area contributed by atoms with Crippen LogP contribution < -0.4 is 0 Å². The van der Waals surface area contributed by atoms with Gasteiger partial charge in [-0.05, 0) is 37.3 Å². The second kappa shape index (κ2) is 5.65. The third-order valence-electron chi connectivity index (χ3n) is 3.30. The van der Waals surface area contributed by atoms with Crippen LogP contribution in [0.4, 0.5) is 0 Å². The summed E-state index contributed by atoms with van der Waals surface area (Å²) in [4.78, 5) is 4.36. The highest BCUT2D eigenvalue weighted by molar-refractivity contribution is 5.36. The molecule has 0 aromatic carbocycles. The normalized spacial score (nSPS) is 17.2. The van der Waals surface area contributed by atoms with Gasteiger partial charge in [-0.2, -0.15) is 5.26 Å². The van der Waals surface area contributed by atoms with Gasteiger partial charge in [0, 0.05) is 11.9 Å². The summed E-state index contributed by atoms with van der Waals surface area (Å²) in [5, 5.41) is 9.02. The standard InChI is InChI=1S/C14H18N2/c15-10-13-11-16-14-8-6-4-2-1-3-5-7-12(13)9-14/h9,11H,1-8H2. The fraction of sp³-hybridized carbons (Fsp3) is 0.571. The molecule has 0 saturated heterocycles. The molecule has 2 nitrogen and oxygen atoms in total. The van der Waals surface area contributed by atoms with Gasteiger partial charge in [0.1, 0.15) is 6.07 Å². The van der Waals surface area contributed by atoms with Crippen LogP contribution >= 0.6 is 0 Å². The van der Waals surface area contributed by atoms with Gasteiger partial charge in [-0.3, -0.25) is 4.98 Å². The molecule has 0 saturated carbocycles. The van der Waals surface area contributed by atoms with E-state index in [0.717, 1.165) is 24.1 Å². The molecule has 1 aromatic rings. The number of aryl methyl sites for hydroxylation is 2. The van der Waals surface area contributed by atoms with Crippen LogP contribution in [0.15, 0.2) is 12.3 Å². The molecule has 0 unspecified atom stereocenters. The van der Waals surface area contributed by atoms with Gasteiger partial charge in [0.2, 0.25) is 0 Å². The SMILES string of the molecule is N#Cc1cnc2cc1CCCCCCCC2. The van der Waals surface area contributed by atoms with Gasteiger partial charge < -0.3 is 0 Å². The Bertz CT molecular complexity index is 390. The molecule has 2 heteroatoms. The summed E-state index contributed by atoms with van der Waals surface area (Å²) in [7, 11) is 0. The molecule has 0 radical (unpaired) electrons. The first kappa shape index (κ1) is 11.1. The van der Waals surface area contributed by atoms with Crippen LogP contribution in [-0.4, -0.2) is 4.98 Å². The van der Waals surface area contributed by atoms with Crippen LogP contribution in [0.25, 0.3) is 0 Å². The van der Waals surface area contributed by atoms with Crippen LogP contribution in [0, 0.1) is 11.3 Å². The quantitative estimate of drug-likeness (QED) is 0.663. The maximum Gasteiger partial charge on any atom is 0.101 e. The Hall–Kier alpha value is -1.36. The maximum atomic E-state index is 9.02. The molecule has 1 heterocycles. The summed E-state index contributed by atoms with van der Waals surface area (Å²) in [5.41, 5.74) is 3.13. The second-order valence-electron chi connectivity index (χ2n) is 4.57. The molecule has 1 aliphatic rings. The van der Waals surface area contributed by atoms with Crippen molar-refractivity contribution in [3.63, 3.8) is 0 Å². The minimum Gasteiger partial charge on any atom is -0.260 e. The molecule has 0 fully saturated rings. The Kier molecular flexibility index (Phi) is 3.93. The van der Waals surface area contributed by atoms with E-state index in [1.807, 2.05) is 0 Å². The third-order valence-corrected chi connectivity index (χ3v) is 3.30. The first-order chi connectivity index (χ1) is 7.90. The van der Waals surface area contributed by atoms with E-state index in [9.17, 15) is 0 Å². The molecule has 1 aromatic heterocycles. The Balaban J connectivity index is 2.21. The largest absolute Gasteiger partial charge is 0.260 e. The number of hydrogen-bond donors (Lipinski definition) is 0. The first-order valence-electron chi connectivity index (χ1n) is 6.28. The van der Waals surface area contributed by atoms with Crippen LogP contribution in [0.3, 0.4) is 0 Å². The van der Waals surface area contributed by atoms with Gasteiger partial charge in [-0.25, -0.2) is 0 Å². The van der Waals surface area contributed by atoms with E-state index in [1.165, 1.54) is 44.1 Å². The third kappa shape index (κ3) is 2.82. The lowest BCUT2D eigenvalue weighted by atomic mass is 10.0. The van der Waals surface area contributed by atoms with Crippen molar-refractivity contribution >= 4 is 0 Å². The van der Waals surface area contributed by atoms with Gasteiger partial charge in [0.15, 0.2) is 0 Å². The molecule has 84 valence electrons.